The van der Waals surface area contributed by atoms with Crippen LogP contribution in [0.4, 0.5) is 0 Å². The highest BCUT2D eigenvalue weighted by Crippen LogP contribution is 2.20. The lowest BCUT2D eigenvalue weighted by atomic mass is 10.4. The lowest BCUT2D eigenvalue weighted by Gasteiger charge is -1.98. The number of aryl methyl sites for hydroxylation is 1. The van der Waals surface area contributed by atoms with E-state index < -0.39 is 5.97 Å². The molecular weight excluding hydrogens is 306 g/mol. The van der Waals surface area contributed by atoms with Crippen molar-refractivity contribution in [3.05, 3.63) is 33.5 Å². The third kappa shape index (κ3) is 3.70. The summed E-state index contributed by atoms with van der Waals surface area (Å²) in [6, 6.07) is 0. The van der Waals surface area contributed by atoms with Gasteiger partial charge in [0.05, 0.1) is 37.2 Å². The highest BCUT2D eigenvalue weighted by atomic mass is 32.1. The van der Waals surface area contributed by atoms with Crippen LogP contribution in [0.25, 0.3) is 0 Å². The summed E-state index contributed by atoms with van der Waals surface area (Å²) in [5.41, 5.74) is 1.02. The highest BCUT2D eigenvalue weighted by molar-refractivity contribution is 7.13. The van der Waals surface area contributed by atoms with Crippen LogP contribution in [-0.2, 0) is 16.0 Å². The van der Waals surface area contributed by atoms with Gasteiger partial charge in [0.2, 0.25) is 0 Å². The van der Waals surface area contributed by atoms with E-state index >= 15 is 0 Å². The van der Waals surface area contributed by atoms with Crippen LogP contribution in [0.2, 0.25) is 0 Å². The highest BCUT2D eigenvalue weighted by Gasteiger charge is 2.17. The molecule has 8 heteroatoms. The van der Waals surface area contributed by atoms with Gasteiger partial charge in [-0.15, -0.1) is 11.3 Å². The van der Waals surface area contributed by atoms with Gasteiger partial charge in [0.1, 0.15) is 9.88 Å². The van der Waals surface area contributed by atoms with Gasteiger partial charge in [-0.1, -0.05) is 0 Å². The maximum absolute atomic E-state index is 11.8. The van der Waals surface area contributed by atoms with Crippen molar-refractivity contribution in [2.75, 3.05) is 13.2 Å². The molecule has 0 aliphatic heterocycles. The van der Waals surface area contributed by atoms with Gasteiger partial charge in [-0.25, -0.2) is 14.6 Å². The topological polar surface area (TPSA) is 83.3 Å². The average Bonchev–Trinajstić information content (AvgIpc) is 3.07. The molecular formula is C14H17N3O4S. The van der Waals surface area contributed by atoms with Crippen LogP contribution in [0.5, 0.6) is 0 Å². The van der Waals surface area contributed by atoms with Gasteiger partial charge in [-0.2, -0.15) is 5.10 Å². The summed E-state index contributed by atoms with van der Waals surface area (Å²) in [4.78, 5) is 28.2. The number of ether oxygens (including phenoxy) is 2. The molecule has 0 N–H and O–H groups in total. The molecule has 2 aromatic heterocycles. The predicted octanol–water partition coefficient (Wildman–Crippen LogP) is 2.05. The summed E-state index contributed by atoms with van der Waals surface area (Å²) in [6.45, 7) is 6.29. The maximum atomic E-state index is 11.8. The van der Waals surface area contributed by atoms with E-state index in [0.29, 0.717) is 35.9 Å². The molecule has 0 aliphatic carbocycles. The summed E-state index contributed by atoms with van der Waals surface area (Å²) < 4.78 is 11.5. The van der Waals surface area contributed by atoms with Gasteiger partial charge in [-0.05, 0) is 20.8 Å². The van der Waals surface area contributed by atoms with Crippen LogP contribution in [0.3, 0.4) is 0 Å². The number of thiazole rings is 1. The summed E-state index contributed by atoms with van der Waals surface area (Å²) in [6.07, 6.45) is 3.05. The van der Waals surface area contributed by atoms with Crippen molar-refractivity contribution in [3.63, 3.8) is 0 Å². The van der Waals surface area contributed by atoms with E-state index in [4.69, 9.17) is 9.47 Å². The van der Waals surface area contributed by atoms with Crippen molar-refractivity contribution in [3.8, 4) is 0 Å². The first-order valence-corrected chi connectivity index (χ1v) is 7.69. The summed E-state index contributed by atoms with van der Waals surface area (Å²) in [5.74, 6) is -0.771. The largest absolute Gasteiger partial charge is 0.462 e. The number of rotatable bonds is 6. The fourth-order valence-corrected chi connectivity index (χ4v) is 2.77. The molecule has 0 radical (unpaired) electrons. The molecule has 0 amide bonds. The smallest absolute Gasteiger partial charge is 0.350 e. The molecule has 0 bridgehead atoms. The van der Waals surface area contributed by atoms with Crippen LogP contribution < -0.4 is 0 Å². The predicted molar refractivity (Wildman–Crippen MR) is 80.1 cm³/mol. The van der Waals surface area contributed by atoms with E-state index in [2.05, 4.69) is 10.1 Å². The van der Waals surface area contributed by atoms with Crippen LogP contribution in [0.15, 0.2) is 12.4 Å². The van der Waals surface area contributed by atoms with Crippen LogP contribution in [0, 0.1) is 6.92 Å². The van der Waals surface area contributed by atoms with Crippen molar-refractivity contribution in [1.82, 2.24) is 14.8 Å². The first kappa shape index (κ1) is 16.2. The molecule has 0 aromatic carbocycles. The quantitative estimate of drug-likeness (QED) is 0.757. The van der Waals surface area contributed by atoms with E-state index in [1.807, 2.05) is 0 Å². The average molecular weight is 323 g/mol. The van der Waals surface area contributed by atoms with Gasteiger partial charge in [0.15, 0.2) is 0 Å². The van der Waals surface area contributed by atoms with Crippen LogP contribution >= 0.6 is 11.3 Å². The molecule has 2 rings (SSSR count). The molecule has 0 unspecified atom stereocenters. The number of nitrogens with zero attached hydrogens (tertiary/aromatic N) is 3. The van der Waals surface area contributed by atoms with Gasteiger partial charge in [-0.3, -0.25) is 4.68 Å². The van der Waals surface area contributed by atoms with Crippen LogP contribution in [-0.4, -0.2) is 39.9 Å². The molecule has 2 heterocycles. The minimum atomic E-state index is -0.406. The van der Waals surface area contributed by atoms with Crippen molar-refractivity contribution >= 4 is 23.3 Å². The third-order valence-electron chi connectivity index (χ3n) is 2.74. The fraction of sp³-hybridized carbons (Fsp3) is 0.429. The number of aromatic nitrogens is 3. The molecule has 118 valence electrons. The molecule has 0 saturated carbocycles. The lowest BCUT2D eigenvalue weighted by Crippen LogP contribution is -2.04. The number of hydrogen-bond acceptors (Lipinski definition) is 7. The minimum Gasteiger partial charge on any atom is -0.462 e. The number of carbonyl (C=O) groups excluding carboxylic acids is 2. The Morgan fingerprint density at radius 3 is 2.59 bits per heavy atom. The van der Waals surface area contributed by atoms with E-state index in [9.17, 15) is 9.59 Å². The zero-order chi connectivity index (χ0) is 16.1. The number of esters is 2. The van der Waals surface area contributed by atoms with Gasteiger partial charge >= 0.3 is 11.9 Å². The Balaban J connectivity index is 2.10. The molecule has 0 atom stereocenters. The molecule has 0 fully saturated rings. The van der Waals surface area contributed by atoms with Gasteiger partial charge < -0.3 is 9.47 Å². The Labute approximate surface area is 131 Å². The maximum Gasteiger partial charge on any atom is 0.350 e. The zero-order valence-corrected chi connectivity index (χ0v) is 13.5. The van der Waals surface area contributed by atoms with Crippen molar-refractivity contribution in [1.29, 1.82) is 0 Å². The van der Waals surface area contributed by atoms with E-state index in [1.54, 1.807) is 31.6 Å². The van der Waals surface area contributed by atoms with Crippen LogP contribution in [0.1, 0.15) is 44.6 Å². The molecule has 0 aliphatic rings. The SMILES string of the molecule is CCOC(=O)c1cnn(Cc2nc(C)c(C(=O)OCC)s2)c1. The first-order valence-electron chi connectivity index (χ1n) is 6.88. The Kier molecular flexibility index (Phi) is 5.26. The third-order valence-corrected chi connectivity index (χ3v) is 3.87. The second kappa shape index (κ2) is 7.17. The van der Waals surface area contributed by atoms with E-state index in [1.165, 1.54) is 17.5 Å². The number of carbonyl (C=O) groups is 2. The molecule has 0 saturated heterocycles. The van der Waals surface area contributed by atoms with Gasteiger partial charge in [0.25, 0.3) is 0 Å². The zero-order valence-electron chi connectivity index (χ0n) is 12.7. The van der Waals surface area contributed by atoms with E-state index in [-0.39, 0.29) is 5.97 Å². The van der Waals surface area contributed by atoms with E-state index in [0.717, 1.165) is 5.01 Å². The Morgan fingerprint density at radius 1 is 1.23 bits per heavy atom. The molecule has 22 heavy (non-hydrogen) atoms. The fourth-order valence-electron chi connectivity index (χ4n) is 1.81. The summed E-state index contributed by atoms with van der Waals surface area (Å²) in [5, 5.41) is 4.82. The lowest BCUT2D eigenvalue weighted by molar-refractivity contribution is 0.0518. The Morgan fingerprint density at radius 2 is 1.91 bits per heavy atom. The summed E-state index contributed by atoms with van der Waals surface area (Å²) in [7, 11) is 0. The Hall–Kier alpha value is -2.22. The van der Waals surface area contributed by atoms with Crippen molar-refractivity contribution < 1.29 is 19.1 Å². The molecule has 7 nitrogen and oxygen atoms in total. The summed E-state index contributed by atoms with van der Waals surface area (Å²) >= 11 is 1.27. The number of hydrogen-bond donors (Lipinski definition) is 0. The molecule has 0 spiro atoms. The van der Waals surface area contributed by atoms with Crippen molar-refractivity contribution in [2.45, 2.75) is 27.3 Å². The monoisotopic (exact) mass is 323 g/mol. The minimum absolute atomic E-state index is 0.318. The van der Waals surface area contributed by atoms with Crippen molar-refractivity contribution in [2.24, 2.45) is 0 Å². The standard InChI is InChI=1S/C14H17N3O4S/c1-4-20-13(18)10-6-15-17(7-10)8-11-16-9(3)12(22-11)14(19)21-5-2/h6-7H,4-5,8H2,1-3H3. The molecule has 2 aromatic rings. The second-order valence-electron chi connectivity index (χ2n) is 4.39. The normalized spacial score (nSPS) is 10.5. The second-order valence-corrected chi connectivity index (χ2v) is 5.47. The Bertz CT molecular complexity index is 677. The van der Waals surface area contributed by atoms with Gasteiger partial charge in [0, 0.05) is 6.20 Å². The first-order chi connectivity index (χ1) is 10.5.